The third kappa shape index (κ3) is 4.98. The number of nitrogens with zero attached hydrogens (tertiary/aromatic N) is 2. The monoisotopic (exact) mass is 314 g/mol. The second kappa shape index (κ2) is 8.17. The van der Waals surface area contributed by atoms with Crippen LogP contribution < -0.4 is 9.47 Å². The second-order valence-electron chi connectivity index (χ2n) is 5.30. The molecule has 2 rings (SSSR count). The predicted octanol–water partition coefficient (Wildman–Crippen LogP) is 2.56. The molecule has 0 aliphatic heterocycles. The fraction of sp³-hybridized carbons (Fsp3) is 0.333. The number of carbonyl (C=O) groups is 1. The number of methoxy groups -OCH3 is 1. The van der Waals surface area contributed by atoms with Gasteiger partial charge in [0.25, 0.3) is 5.91 Å². The van der Waals surface area contributed by atoms with E-state index in [1.807, 2.05) is 30.3 Å². The maximum Gasteiger partial charge on any atom is 0.263 e. The van der Waals surface area contributed by atoms with Crippen LogP contribution in [0.5, 0.6) is 11.5 Å². The number of hydrogen-bond donors (Lipinski definition) is 0. The van der Waals surface area contributed by atoms with Gasteiger partial charge in [-0.25, -0.2) is 0 Å². The zero-order valence-corrected chi connectivity index (χ0v) is 13.7. The minimum absolute atomic E-state index is 0.0538. The first-order valence-electron chi connectivity index (χ1n) is 7.54. The van der Waals surface area contributed by atoms with Gasteiger partial charge in [0.15, 0.2) is 6.10 Å². The number of benzene rings is 1. The fourth-order valence-electron chi connectivity index (χ4n) is 2.20. The second-order valence-corrected chi connectivity index (χ2v) is 5.30. The van der Waals surface area contributed by atoms with Gasteiger partial charge in [-0.2, -0.15) is 0 Å². The standard InChI is InChI=1S/C18H22N2O3/c1-14(23-17-6-4-5-16(13-17)22-3)18(21)20(2)12-9-15-7-10-19-11-8-15/h4-8,10-11,13-14H,9,12H2,1-3H3/t14-/m0/s1. The lowest BCUT2D eigenvalue weighted by molar-refractivity contribution is -0.136. The van der Waals surface area contributed by atoms with Gasteiger partial charge in [0.2, 0.25) is 0 Å². The average molecular weight is 314 g/mol. The first-order valence-corrected chi connectivity index (χ1v) is 7.54. The quantitative estimate of drug-likeness (QED) is 0.788. The van der Waals surface area contributed by atoms with Crippen LogP contribution in [-0.4, -0.2) is 42.6 Å². The molecule has 1 aromatic carbocycles. The fourth-order valence-corrected chi connectivity index (χ4v) is 2.20. The van der Waals surface area contributed by atoms with E-state index in [0.29, 0.717) is 18.0 Å². The van der Waals surface area contributed by atoms with Crippen LogP contribution in [0, 0.1) is 0 Å². The normalized spacial score (nSPS) is 11.6. The summed E-state index contributed by atoms with van der Waals surface area (Å²) >= 11 is 0. The Labute approximate surface area is 136 Å². The lowest BCUT2D eigenvalue weighted by Gasteiger charge is -2.22. The van der Waals surface area contributed by atoms with E-state index in [0.717, 1.165) is 12.0 Å². The predicted molar refractivity (Wildman–Crippen MR) is 88.7 cm³/mol. The Morgan fingerprint density at radius 2 is 1.91 bits per heavy atom. The van der Waals surface area contributed by atoms with Crippen LogP contribution in [0.3, 0.4) is 0 Å². The number of carbonyl (C=O) groups excluding carboxylic acids is 1. The summed E-state index contributed by atoms with van der Waals surface area (Å²) in [5.41, 5.74) is 1.15. The molecule has 122 valence electrons. The number of pyridine rings is 1. The summed E-state index contributed by atoms with van der Waals surface area (Å²) in [5.74, 6) is 1.27. The van der Waals surface area contributed by atoms with Crippen LogP contribution >= 0.6 is 0 Å². The number of likely N-dealkylation sites (N-methyl/N-ethyl adjacent to an activating group) is 1. The number of hydrogen-bond acceptors (Lipinski definition) is 4. The van der Waals surface area contributed by atoms with E-state index in [1.165, 1.54) is 0 Å². The highest BCUT2D eigenvalue weighted by Crippen LogP contribution is 2.20. The van der Waals surface area contributed by atoms with Crippen molar-refractivity contribution < 1.29 is 14.3 Å². The molecule has 0 unspecified atom stereocenters. The highest BCUT2D eigenvalue weighted by Gasteiger charge is 2.19. The van der Waals surface area contributed by atoms with Gasteiger partial charge in [-0.05, 0) is 43.2 Å². The number of rotatable bonds is 7. The Kier molecular flexibility index (Phi) is 5.97. The Balaban J connectivity index is 1.88. The molecule has 23 heavy (non-hydrogen) atoms. The van der Waals surface area contributed by atoms with Gasteiger partial charge in [-0.15, -0.1) is 0 Å². The van der Waals surface area contributed by atoms with Crippen LogP contribution in [0.2, 0.25) is 0 Å². The van der Waals surface area contributed by atoms with Crippen LogP contribution in [-0.2, 0) is 11.2 Å². The van der Waals surface area contributed by atoms with Gasteiger partial charge in [0.05, 0.1) is 7.11 Å². The van der Waals surface area contributed by atoms with Gasteiger partial charge < -0.3 is 14.4 Å². The summed E-state index contributed by atoms with van der Waals surface area (Å²) in [7, 11) is 3.38. The Morgan fingerprint density at radius 1 is 1.22 bits per heavy atom. The first kappa shape index (κ1) is 16.8. The van der Waals surface area contributed by atoms with Gasteiger partial charge in [-0.1, -0.05) is 6.07 Å². The summed E-state index contributed by atoms with van der Waals surface area (Å²) in [6.07, 6.45) is 3.75. The molecule has 1 atom stereocenters. The molecule has 0 saturated heterocycles. The third-order valence-electron chi connectivity index (χ3n) is 3.56. The zero-order chi connectivity index (χ0) is 16.7. The van der Waals surface area contributed by atoms with E-state index in [2.05, 4.69) is 4.98 Å². The SMILES string of the molecule is COc1cccc(O[C@@H](C)C(=O)N(C)CCc2ccncc2)c1. The van der Waals surface area contributed by atoms with Crippen molar-refractivity contribution in [3.8, 4) is 11.5 Å². The van der Waals surface area contributed by atoms with Gasteiger partial charge in [0.1, 0.15) is 11.5 Å². The molecule has 0 spiro atoms. The molecule has 0 saturated carbocycles. The van der Waals surface area contributed by atoms with Crippen molar-refractivity contribution in [3.05, 3.63) is 54.4 Å². The number of aromatic nitrogens is 1. The van der Waals surface area contributed by atoms with Crippen LogP contribution in [0.4, 0.5) is 0 Å². The van der Waals surface area contributed by atoms with Crippen molar-refractivity contribution in [2.75, 3.05) is 20.7 Å². The van der Waals surface area contributed by atoms with E-state index in [4.69, 9.17) is 9.47 Å². The number of amides is 1. The average Bonchev–Trinajstić information content (AvgIpc) is 2.60. The molecule has 2 aromatic rings. The van der Waals surface area contributed by atoms with E-state index < -0.39 is 6.10 Å². The topological polar surface area (TPSA) is 51.7 Å². The maximum atomic E-state index is 12.4. The Morgan fingerprint density at radius 3 is 2.61 bits per heavy atom. The minimum atomic E-state index is -0.551. The molecule has 0 radical (unpaired) electrons. The molecule has 0 aliphatic rings. The van der Waals surface area contributed by atoms with Gasteiger partial charge in [-0.3, -0.25) is 9.78 Å². The molecular weight excluding hydrogens is 292 g/mol. The molecule has 1 aromatic heterocycles. The van der Waals surface area contributed by atoms with Gasteiger partial charge in [0, 0.05) is 32.1 Å². The molecule has 1 amide bonds. The lowest BCUT2D eigenvalue weighted by atomic mass is 10.2. The maximum absolute atomic E-state index is 12.4. The van der Waals surface area contributed by atoms with Crippen LogP contribution in [0.25, 0.3) is 0 Å². The summed E-state index contributed by atoms with van der Waals surface area (Å²) < 4.78 is 10.9. The Bertz CT molecular complexity index is 631. The smallest absolute Gasteiger partial charge is 0.263 e. The molecule has 5 nitrogen and oxygen atoms in total. The van der Waals surface area contributed by atoms with Crippen molar-refractivity contribution >= 4 is 5.91 Å². The van der Waals surface area contributed by atoms with E-state index >= 15 is 0 Å². The van der Waals surface area contributed by atoms with Crippen molar-refractivity contribution in [1.82, 2.24) is 9.88 Å². The highest BCUT2D eigenvalue weighted by molar-refractivity contribution is 5.80. The van der Waals surface area contributed by atoms with Crippen LogP contribution in [0.1, 0.15) is 12.5 Å². The van der Waals surface area contributed by atoms with Crippen molar-refractivity contribution in [2.24, 2.45) is 0 Å². The molecule has 5 heteroatoms. The Hall–Kier alpha value is -2.56. The molecule has 0 N–H and O–H groups in total. The summed E-state index contributed by atoms with van der Waals surface area (Å²) in [5, 5.41) is 0. The molecule has 0 aliphatic carbocycles. The zero-order valence-electron chi connectivity index (χ0n) is 13.7. The van der Waals surface area contributed by atoms with E-state index in [1.54, 1.807) is 44.4 Å². The molecule has 0 bridgehead atoms. The van der Waals surface area contributed by atoms with Crippen LogP contribution in [0.15, 0.2) is 48.8 Å². The van der Waals surface area contributed by atoms with Crippen molar-refractivity contribution in [2.45, 2.75) is 19.4 Å². The summed E-state index contributed by atoms with van der Waals surface area (Å²) in [6.45, 7) is 2.39. The number of ether oxygens (including phenoxy) is 2. The van der Waals surface area contributed by atoms with Gasteiger partial charge >= 0.3 is 0 Å². The largest absolute Gasteiger partial charge is 0.497 e. The van der Waals surface area contributed by atoms with Crippen molar-refractivity contribution in [3.63, 3.8) is 0 Å². The summed E-state index contributed by atoms with van der Waals surface area (Å²) in [6, 6.07) is 11.1. The molecule has 0 fully saturated rings. The van der Waals surface area contributed by atoms with E-state index in [-0.39, 0.29) is 5.91 Å². The lowest BCUT2D eigenvalue weighted by Crippen LogP contribution is -2.39. The highest BCUT2D eigenvalue weighted by atomic mass is 16.5. The summed E-state index contributed by atoms with van der Waals surface area (Å²) in [4.78, 5) is 18.1. The molecule has 1 heterocycles. The first-order chi connectivity index (χ1) is 11.1. The van der Waals surface area contributed by atoms with Crippen molar-refractivity contribution in [1.29, 1.82) is 0 Å². The third-order valence-corrected chi connectivity index (χ3v) is 3.56. The van der Waals surface area contributed by atoms with E-state index in [9.17, 15) is 4.79 Å². The molecular formula is C18H22N2O3. The minimum Gasteiger partial charge on any atom is -0.497 e.